The Kier molecular flexibility index (Phi) is 2.25. The van der Waals surface area contributed by atoms with Gasteiger partial charge in [0.1, 0.15) is 10.9 Å². The van der Waals surface area contributed by atoms with Gasteiger partial charge in [-0.2, -0.15) is 0 Å². The third-order valence-electron chi connectivity index (χ3n) is 1.84. The highest BCUT2D eigenvalue weighted by molar-refractivity contribution is 6.31. The van der Waals surface area contributed by atoms with E-state index in [1.165, 1.54) is 0 Å². The summed E-state index contributed by atoms with van der Waals surface area (Å²) in [6.07, 6.45) is 1.66. The molecule has 14 heavy (non-hydrogen) atoms. The van der Waals surface area contributed by atoms with Crippen LogP contribution in [0.3, 0.4) is 0 Å². The Morgan fingerprint density at radius 2 is 2.07 bits per heavy atom. The number of oxazole rings is 1. The first kappa shape index (κ1) is 9.21. The largest absolute Gasteiger partial charge is 0.441 e. The van der Waals surface area contributed by atoms with Crippen LogP contribution in [0.4, 0.5) is 0 Å². The molecule has 0 unspecified atom stereocenters. The third kappa shape index (κ3) is 1.63. The Bertz CT molecular complexity index is 465. The number of aromatic nitrogens is 2. The second kappa shape index (κ2) is 3.42. The molecule has 2 rings (SSSR count). The van der Waals surface area contributed by atoms with Gasteiger partial charge in [0.05, 0.1) is 11.8 Å². The van der Waals surface area contributed by atoms with Crippen molar-refractivity contribution in [2.75, 3.05) is 0 Å². The SMILES string of the molecule is Cc1ccc(-c2ncc(C)o2)c(Cl)n1. The summed E-state index contributed by atoms with van der Waals surface area (Å²) in [5.74, 6) is 1.27. The molecule has 0 aliphatic heterocycles. The number of nitrogens with zero attached hydrogens (tertiary/aromatic N) is 2. The first-order valence-corrected chi connectivity index (χ1v) is 4.60. The molecule has 0 N–H and O–H groups in total. The van der Waals surface area contributed by atoms with Gasteiger partial charge < -0.3 is 4.42 Å². The van der Waals surface area contributed by atoms with E-state index in [4.69, 9.17) is 16.0 Å². The average Bonchev–Trinajstić information content (AvgIpc) is 2.51. The van der Waals surface area contributed by atoms with E-state index in [0.717, 1.165) is 17.0 Å². The van der Waals surface area contributed by atoms with Crippen molar-refractivity contribution in [1.29, 1.82) is 0 Å². The van der Waals surface area contributed by atoms with Crippen LogP contribution in [0.15, 0.2) is 22.7 Å². The molecule has 4 heteroatoms. The van der Waals surface area contributed by atoms with Gasteiger partial charge in [0, 0.05) is 5.69 Å². The van der Waals surface area contributed by atoms with Gasteiger partial charge in [0.25, 0.3) is 0 Å². The molecule has 0 amide bonds. The van der Waals surface area contributed by atoms with Crippen LogP contribution in [0.25, 0.3) is 11.5 Å². The van der Waals surface area contributed by atoms with E-state index in [9.17, 15) is 0 Å². The molecule has 0 fully saturated rings. The van der Waals surface area contributed by atoms with Gasteiger partial charge >= 0.3 is 0 Å². The third-order valence-corrected chi connectivity index (χ3v) is 2.13. The minimum atomic E-state index is 0.423. The van der Waals surface area contributed by atoms with Crippen LogP contribution in [0.1, 0.15) is 11.5 Å². The Labute approximate surface area is 86.8 Å². The smallest absolute Gasteiger partial charge is 0.229 e. The van der Waals surface area contributed by atoms with E-state index in [1.807, 2.05) is 26.0 Å². The van der Waals surface area contributed by atoms with Crippen molar-refractivity contribution >= 4 is 11.6 Å². The lowest BCUT2D eigenvalue weighted by atomic mass is 10.2. The monoisotopic (exact) mass is 208 g/mol. The van der Waals surface area contributed by atoms with Gasteiger partial charge in [-0.15, -0.1) is 0 Å². The highest BCUT2D eigenvalue weighted by Gasteiger charge is 2.09. The van der Waals surface area contributed by atoms with Crippen molar-refractivity contribution in [2.45, 2.75) is 13.8 Å². The lowest BCUT2D eigenvalue weighted by Gasteiger charge is -1.99. The van der Waals surface area contributed by atoms with E-state index in [0.29, 0.717) is 11.0 Å². The Balaban J connectivity index is 2.52. The topological polar surface area (TPSA) is 38.9 Å². The van der Waals surface area contributed by atoms with Gasteiger partial charge in [-0.3, -0.25) is 0 Å². The molecule has 2 aromatic heterocycles. The quantitative estimate of drug-likeness (QED) is 0.677. The standard InChI is InChI=1S/C10H9ClN2O/c1-6-3-4-8(9(11)13-6)10-12-5-7(2)14-10/h3-5H,1-2H3. The first-order chi connectivity index (χ1) is 6.66. The number of aryl methyl sites for hydroxylation is 2. The number of hydrogen-bond donors (Lipinski definition) is 0. The molecule has 0 aliphatic carbocycles. The van der Waals surface area contributed by atoms with Gasteiger partial charge in [0.2, 0.25) is 5.89 Å². The zero-order valence-electron chi connectivity index (χ0n) is 7.91. The average molecular weight is 209 g/mol. The minimum Gasteiger partial charge on any atom is -0.441 e. The van der Waals surface area contributed by atoms with Gasteiger partial charge in [-0.05, 0) is 26.0 Å². The Morgan fingerprint density at radius 3 is 2.64 bits per heavy atom. The fourth-order valence-electron chi connectivity index (χ4n) is 1.16. The normalized spacial score (nSPS) is 10.5. The number of pyridine rings is 1. The van der Waals surface area contributed by atoms with E-state index < -0.39 is 0 Å². The molecule has 0 spiro atoms. The second-order valence-electron chi connectivity index (χ2n) is 3.07. The zero-order valence-corrected chi connectivity index (χ0v) is 8.67. The maximum absolute atomic E-state index is 5.96. The van der Waals surface area contributed by atoms with Crippen LogP contribution in [-0.4, -0.2) is 9.97 Å². The van der Waals surface area contributed by atoms with Crippen LogP contribution < -0.4 is 0 Å². The molecule has 2 heterocycles. The fraction of sp³-hybridized carbons (Fsp3) is 0.200. The maximum atomic E-state index is 5.96. The highest BCUT2D eigenvalue weighted by atomic mass is 35.5. The lowest BCUT2D eigenvalue weighted by molar-refractivity contribution is 0.542. The molecular weight excluding hydrogens is 200 g/mol. The molecule has 0 aromatic carbocycles. The molecular formula is C10H9ClN2O. The molecule has 0 aliphatic rings. The molecule has 0 radical (unpaired) electrons. The first-order valence-electron chi connectivity index (χ1n) is 4.23. The highest BCUT2D eigenvalue weighted by Crippen LogP contribution is 2.25. The predicted octanol–water partition coefficient (Wildman–Crippen LogP) is 3.01. The van der Waals surface area contributed by atoms with Crippen molar-refractivity contribution in [2.24, 2.45) is 0 Å². The summed E-state index contributed by atoms with van der Waals surface area (Å²) in [6, 6.07) is 3.73. The number of hydrogen-bond acceptors (Lipinski definition) is 3. The molecule has 72 valence electrons. The summed E-state index contributed by atoms with van der Waals surface area (Å²) in [5, 5.41) is 0.423. The van der Waals surface area contributed by atoms with E-state index in [2.05, 4.69) is 9.97 Å². The molecule has 2 aromatic rings. The number of halogens is 1. The Hall–Kier alpha value is -1.35. The van der Waals surface area contributed by atoms with Gasteiger partial charge in [-0.25, -0.2) is 9.97 Å². The minimum absolute atomic E-state index is 0.423. The number of rotatable bonds is 1. The van der Waals surface area contributed by atoms with Crippen LogP contribution >= 0.6 is 11.6 Å². The summed E-state index contributed by atoms with van der Waals surface area (Å²) in [4.78, 5) is 8.21. The van der Waals surface area contributed by atoms with Crippen LogP contribution in [0.5, 0.6) is 0 Å². The van der Waals surface area contributed by atoms with E-state index >= 15 is 0 Å². The summed E-state index contributed by atoms with van der Waals surface area (Å²) in [5.41, 5.74) is 1.60. The zero-order chi connectivity index (χ0) is 10.1. The maximum Gasteiger partial charge on any atom is 0.229 e. The van der Waals surface area contributed by atoms with Crippen molar-refractivity contribution in [3.05, 3.63) is 34.9 Å². The molecule has 0 bridgehead atoms. The van der Waals surface area contributed by atoms with E-state index in [1.54, 1.807) is 6.20 Å². The van der Waals surface area contributed by atoms with Crippen LogP contribution in [-0.2, 0) is 0 Å². The lowest BCUT2D eigenvalue weighted by Crippen LogP contribution is -1.85. The van der Waals surface area contributed by atoms with Crippen molar-refractivity contribution < 1.29 is 4.42 Å². The van der Waals surface area contributed by atoms with Gasteiger partial charge in [-0.1, -0.05) is 11.6 Å². The van der Waals surface area contributed by atoms with Crippen LogP contribution in [0.2, 0.25) is 5.15 Å². The van der Waals surface area contributed by atoms with Crippen molar-refractivity contribution in [3.8, 4) is 11.5 Å². The summed E-state index contributed by atoms with van der Waals surface area (Å²) >= 11 is 5.96. The molecule has 3 nitrogen and oxygen atoms in total. The second-order valence-corrected chi connectivity index (χ2v) is 3.43. The molecule has 0 saturated heterocycles. The van der Waals surface area contributed by atoms with Crippen LogP contribution in [0, 0.1) is 13.8 Å². The fourth-order valence-corrected chi connectivity index (χ4v) is 1.44. The van der Waals surface area contributed by atoms with E-state index in [-0.39, 0.29) is 0 Å². The molecule has 0 atom stereocenters. The Morgan fingerprint density at radius 1 is 1.29 bits per heavy atom. The van der Waals surface area contributed by atoms with Crippen molar-refractivity contribution in [1.82, 2.24) is 9.97 Å². The predicted molar refractivity (Wildman–Crippen MR) is 54.2 cm³/mol. The van der Waals surface area contributed by atoms with Gasteiger partial charge in [0.15, 0.2) is 0 Å². The summed E-state index contributed by atoms with van der Waals surface area (Å²) in [7, 11) is 0. The van der Waals surface area contributed by atoms with Crippen molar-refractivity contribution in [3.63, 3.8) is 0 Å². The summed E-state index contributed by atoms with van der Waals surface area (Å²) < 4.78 is 5.35. The summed E-state index contributed by atoms with van der Waals surface area (Å²) in [6.45, 7) is 3.72. The molecule has 0 saturated carbocycles.